The molecule has 0 saturated heterocycles. The Hall–Kier alpha value is -6.06. The van der Waals surface area contributed by atoms with Crippen molar-refractivity contribution in [2.45, 2.75) is 25.4 Å². The van der Waals surface area contributed by atoms with Crippen LogP contribution in [0.15, 0.2) is 174 Å². The molecule has 7 aromatic carbocycles. The summed E-state index contributed by atoms with van der Waals surface area (Å²) in [5.41, 5.74) is 13.2. The first-order valence-corrected chi connectivity index (χ1v) is 16.9. The summed E-state index contributed by atoms with van der Waals surface area (Å²) in [6.45, 7) is 4.69. The zero-order chi connectivity index (χ0) is 33.0. The van der Waals surface area contributed by atoms with Crippen molar-refractivity contribution >= 4 is 22.4 Å². The van der Waals surface area contributed by atoms with Crippen LogP contribution in [0.5, 0.6) is 0 Å². The van der Waals surface area contributed by atoms with E-state index in [0.29, 0.717) is 0 Å². The van der Waals surface area contributed by atoms with Crippen LogP contribution in [0.3, 0.4) is 0 Å². The molecule has 1 unspecified atom stereocenters. The maximum Gasteiger partial charge on any atom is 0.159 e. The molecular weight excluding hydrogens is 595 g/mol. The maximum absolute atomic E-state index is 5.17. The number of amidine groups is 2. The molecule has 7 aromatic rings. The second-order valence-electron chi connectivity index (χ2n) is 13.5. The second-order valence-corrected chi connectivity index (χ2v) is 13.5. The Kier molecular flexibility index (Phi) is 6.87. The zero-order valence-electron chi connectivity index (χ0n) is 27.6. The Morgan fingerprint density at radius 1 is 0.490 bits per heavy atom. The van der Waals surface area contributed by atoms with E-state index in [-0.39, 0.29) is 11.6 Å². The normalized spacial score (nSPS) is 15.9. The van der Waals surface area contributed by atoms with Crippen molar-refractivity contribution in [1.82, 2.24) is 5.32 Å². The highest BCUT2D eigenvalue weighted by Crippen LogP contribution is 2.52. The van der Waals surface area contributed by atoms with Gasteiger partial charge in [0, 0.05) is 16.5 Å². The summed E-state index contributed by atoms with van der Waals surface area (Å²) in [5, 5.41) is 6.15. The molecule has 1 heterocycles. The highest BCUT2D eigenvalue weighted by atomic mass is 15.2. The number of nitrogens with zero attached hydrogens (tertiary/aromatic N) is 2. The minimum atomic E-state index is -0.262. The first-order chi connectivity index (χ1) is 24.0. The van der Waals surface area contributed by atoms with Gasteiger partial charge in [-0.1, -0.05) is 166 Å². The van der Waals surface area contributed by atoms with E-state index < -0.39 is 0 Å². The number of rotatable bonds is 5. The number of nitrogens with one attached hydrogen (secondary N) is 1. The predicted octanol–water partition coefficient (Wildman–Crippen LogP) is 11.0. The van der Waals surface area contributed by atoms with E-state index in [1.807, 2.05) is 6.07 Å². The van der Waals surface area contributed by atoms with Gasteiger partial charge < -0.3 is 5.32 Å². The summed E-state index contributed by atoms with van der Waals surface area (Å²) in [6.07, 6.45) is -0.262. The minimum Gasteiger partial charge on any atom is -0.344 e. The molecule has 9 rings (SSSR count). The van der Waals surface area contributed by atoms with Gasteiger partial charge in [0.15, 0.2) is 5.84 Å². The lowest BCUT2D eigenvalue weighted by atomic mass is 9.79. The third-order valence-corrected chi connectivity index (χ3v) is 10.1. The van der Waals surface area contributed by atoms with Gasteiger partial charge in [-0.15, -0.1) is 0 Å². The van der Waals surface area contributed by atoms with Gasteiger partial charge in [-0.3, -0.25) is 0 Å². The van der Waals surface area contributed by atoms with Gasteiger partial charge in [0.25, 0.3) is 0 Å². The van der Waals surface area contributed by atoms with Crippen molar-refractivity contribution in [3.63, 3.8) is 0 Å². The minimum absolute atomic E-state index is 0.101. The lowest BCUT2D eigenvalue weighted by molar-refractivity contribution is 0.662. The van der Waals surface area contributed by atoms with Crippen molar-refractivity contribution < 1.29 is 0 Å². The number of hydrogen-bond acceptors (Lipinski definition) is 3. The summed E-state index contributed by atoms with van der Waals surface area (Å²) in [5.74, 6) is 1.53. The topological polar surface area (TPSA) is 36.8 Å². The lowest BCUT2D eigenvalue weighted by Gasteiger charge is -2.25. The highest BCUT2D eigenvalue weighted by Gasteiger charge is 2.37. The standard InChI is InChI=1S/C46H35N3/c1-46(2)41-21-9-8-18-39(41)40-20-11-19-38(42(40)46)36-16-10-17-37(29-36)45-48-43(32-13-4-3-5-14-32)47-44(49-45)33-25-22-31(23-26-33)35-27-24-30-12-6-7-15-34(30)28-35/h3-29,43H,1-2H3,(H,47,48,49). The third kappa shape index (κ3) is 5.06. The molecule has 3 nitrogen and oxygen atoms in total. The smallest absolute Gasteiger partial charge is 0.159 e. The predicted molar refractivity (Wildman–Crippen MR) is 204 cm³/mol. The molecule has 0 spiro atoms. The Morgan fingerprint density at radius 2 is 1.14 bits per heavy atom. The first kappa shape index (κ1) is 29.1. The Labute approximate surface area is 287 Å². The number of hydrogen-bond donors (Lipinski definition) is 1. The molecule has 2 aliphatic rings. The van der Waals surface area contributed by atoms with Crippen molar-refractivity contribution in [2.24, 2.45) is 9.98 Å². The van der Waals surface area contributed by atoms with Crippen molar-refractivity contribution in [1.29, 1.82) is 0 Å². The molecule has 1 N–H and O–H groups in total. The van der Waals surface area contributed by atoms with Gasteiger partial charge >= 0.3 is 0 Å². The fraction of sp³-hybridized carbons (Fsp3) is 0.0870. The summed E-state index contributed by atoms with van der Waals surface area (Å²) < 4.78 is 0. The molecule has 0 amide bonds. The Bertz CT molecular complexity index is 2430. The molecule has 0 fully saturated rings. The average Bonchev–Trinajstić information content (AvgIpc) is 3.41. The molecule has 0 aromatic heterocycles. The zero-order valence-corrected chi connectivity index (χ0v) is 27.6. The van der Waals surface area contributed by atoms with Gasteiger partial charge in [-0.2, -0.15) is 0 Å². The molecule has 0 bridgehead atoms. The molecule has 3 heteroatoms. The molecule has 0 saturated carbocycles. The highest BCUT2D eigenvalue weighted by molar-refractivity contribution is 6.13. The number of fused-ring (bicyclic) bond motifs is 4. The fourth-order valence-corrected chi connectivity index (χ4v) is 7.63. The van der Waals surface area contributed by atoms with Crippen LogP contribution in [-0.2, 0) is 5.41 Å². The van der Waals surface area contributed by atoms with E-state index >= 15 is 0 Å². The van der Waals surface area contributed by atoms with Gasteiger partial charge in [-0.25, -0.2) is 9.98 Å². The molecule has 49 heavy (non-hydrogen) atoms. The molecule has 0 radical (unpaired) electrons. The molecule has 234 valence electrons. The van der Waals surface area contributed by atoms with Gasteiger partial charge in [0.1, 0.15) is 12.0 Å². The van der Waals surface area contributed by atoms with E-state index in [4.69, 9.17) is 9.98 Å². The van der Waals surface area contributed by atoms with Crippen LogP contribution < -0.4 is 5.32 Å². The van der Waals surface area contributed by atoms with E-state index in [2.05, 4.69) is 177 Å². The van der Waals surface area contributed by atoms with Crippen LogP contribution in [-0.4, -0.2) is 11.7 Å². The summed E-state index contributed by atoms with van der Waals surface area (Å²) in [4.78, 5) is 10.3. The van der Waals surface area contributed by atoms with Crippen LogP contribution in [0, 0.1) is 0 Å². The van der Waals surface area contributed by atoms with Crippen molar-refractivity contribution in [2.75, 3.05) is 0 Å². The third-order valence-electron chi connectivity index (χ3n) is 10.1. The van der Waals surface area contributed by atoms with Crippen molar-refractivity contribution in [3.8, 4) is 33.4 Å². The first-order valence-electron chi connectivity index (χ1n) is 16.9. The summed E-state index contributed by atoms with van der Waals surface area (Å²) in [7, 11) is 0. The van der Waals surface area contributed by atoms with Crippen LogP contribution in [0.25, 0.3) is 44.2 Å². The summed E-state index contributed by atoms with van der Waals surface area (Å²) in [6, 6.07) is 58.5. The molecule has 1 aliphatic carbocycles. The quantitative estimate of drug-likeness (QED) is 0.202. The van der Waals surface area contributed by atoms with Crippen LogP contribution >= 0.6 is 0 Å². The van der Waals surface area contributed by atoms with Crippen molar-refractivity contribution in [3.05, 3.63) is 192 Å². The molecule has 1 atom stereocenters. The van der Waals surface area contributed by atoms with E-state index in [1.54, 1.807) is 0 Å². The average molecular weight is 630 g/mol. The maximum atomic E-state index is 5.17. The van der Waals surface area contributed by atoms with Crippen LogP contribution in [0.4, 0.5) is 0 Å². The van der Waals surface area contributed by atoms with Crippen LogP contribution in [0.2, 0.25) is 0 Å². The van der Waals surface area contributed by atoms with E-state index in [1.165, 1.54) is 55.3 Å². The monoisotopic (exact) mass is 629 g/mol. The van der Waals surface area contributed by atoms with Gasteiger partial charge in [0.05, 0.1) is 0 Å². The summed E-state index contributed by atoms with van der Waals surface area (Å²) >= 11 is 0. The van der Waals surface area contributed by atoms with Gasteiger partial charge in [-0.05, 0) is 73.0 Å². The number of aliphatic imine (C=N–C) groups is 2. The lowest BCUT2D eigenvalue weighted by Crippen LogP contribution is -2.33. The molecule has 1 aliphatic heterocycles. The largest absolute Gasteiger partial charge is 0.344 e. The number of benzene rings is 7. The fourth-order valence-electron chi connectivity index (χ4n) is 7.63. The second kappa shape index (κ2) is 11.6. The van der Waals surface area contributed by atoms with E-state index in [0.717, 1.165) is 28.4 Å². The van der Waals surface area contributed by atoms with E-state index in [9.17, 15) is 0 Å². The SMILES string of the molecule is CC1(C)c2ccccc2-c2cccc(-c3cccc(C4=NC(c5ccc(-c6ccc7ccccc7c6)cc5)=NC(c5ccccc5)N4)c3)c21. The van der Waals surface area contributed by atoms with Gasteiger partial charge in [0.2, 0.25) is 0 Å². The molecular formula is C46H35N3. The van der Waals surface area contributed by atoms with Crippen LogP contribution in [0.1, 0.15) is 47.8 Å². The Balaban J connectivity index is 1.10. The Morgan fingerprint density at radius 3 is 2.00 bits per heavy atom.